The lowest BCUT2D eigenvalue weighted by molar-refractivity contribution is 0.0991. The monoisotopic (exact) mass is 556 g/mol. The van der Waals surface area contributed by atoms with Crippen LogP contribution in [-0.4, -0.2) is 38.6 Å². The number of allylic oxidation sites excluding steroid dienone is 4. The van der Waals surface area contributed by atoms with Gasteiger partial charge in [0.05, 0.1) is 13.2 Å². The molecular weight excluding hydrogens is 508 g/mol. The summed E-state index contributed by atoms with van der Waals surface area (Å²) >= 11 is 0. The number of hydrogen-bond acceptors (Lipinski definition) is 4. The molecule has 2 aliphatic heterocycles. The molecule has 4 aliphatic rings. The fourth-order valence-corrected chi connectivity index (χ4v) is 7.29. The minimum Gasteiger partial charge on any atom is -0.490 e. The first-order valence-corrected chi connectivity index (χ1v) is 15.8. The minimum absolute atomic E-state index is 0.286. The molecule has 41 heavy (non-hydrogen) atoms. The molecule has 2 heterocycles. The van der Waals surface area contributed by atoms with Crippen LogP contribution in [0.2, 0.25) is 0 Å². The zero-order chi connectivity index (χ0) is 28.7. The molecule has 0 saturated carbocycles. The van der Waals surface area contributed by atoms with E-state index >= 15 is 0 Å². The molecule has 4 heteroatoms. The van der Waals surface area contributed by atoms with E-state index in [1.165, 1.54) is 70.2 Å². The maximum Gasteiger partial charge on any atom is 0.125 e. The summed E-state index contributed by atoms with van der Waals surface area (Å²) in [6.45, 7) is 16.8. The van der Waals surface area contributed by atoms with Crippen molar-refractivity contribution in [2.24, 2.45) is 17.3 Å². The summed E-state index contributed by atoms with van der Waals surface area (Å²) in [5, 5.41) is 0. The van der Waals surface area contributed by atoms with E-state index in [9.17, 15) is 0 Å². The summed E-state index contributed by atoms with van der Waals surface area (Å²) in [6.07, 6.45) is 12.9. The van der Waals surface area contributed by atoms with E-state index in [4.69, 9.17) is 18.9 Å². The molecule has 0 radical (unpaired) electrons. The van der Waals surface area contributed by atoms with Gasteiger partial charge in [-0.2, -0.15) is 0 Å². The first-order valence-electron chi connectivity index (χ1n) is 15.8. The lowest BCUT2D eigenvalue weighted by Gasteiger charge is -2.44. The third-order valence-electron chi connectivity index (χ3n) is 10.2. The Kier molecular flexibility index (Phi) is 8.09. The fraction of sp³-hybridized carbons (Fsp3) is 0.568. The number of benzene rings is 2. The Morgan fingerprint density at radius 3 is 1.32 bits per heavy atom. The molecule has 2 aliphatic carbocycles. The zero-order valence-electron chi connectivity index (χ0n) is 26.0. The first-order chi connectivity index (χ1) is 19.7. The second-order valence-electron chi connectivity index (χ2n) is 13.6. The fourth-order valence-electron chi connectivity index (χ4n) is 7.29. The van der Waals surface area contributed by atoms with Crippen molar-refractivity contribution in [3.8, 4) is 11.5 Å². The molecule has 2 saturated heterocycles. The summed E-state index contributed by atoms with van der Waals surface area (Å²) in [7, 11) is 0. The van der Waals surface area contributed by atoms with E-state index in [1.54, 1.807) is 0 Å². The Balaban J connectivity index is 1.08. The molecule has 0 N–H and O–H groups in total. The van der Waals surface area contributed by atoms with Crippen LogP contribution in [0, 0.1) is 44.9 Å². The third-order valence-corrected chi connectivity index (χ3v) is 10.2. The van der Waals surface area contributed by atoms with Crippen molar-refractivity contribution in [1.82, 2.24) is 0 Å². The quantitative estimate of drug-likeness (QED) is 0.275. The third kappa shape index (κ3) is 6.44. The van der Waals surface area contributed by atoms with Crippen molar-refractivity contribution in [3.63, 3.8) is 0 Å². The summed E-state index contributed by atoms with van der Waals surface area (Å²) in [5.74, 6) is 3.52. The lowest BCUT2D eigenvalue weighted by Crippen LogP contribution is -2.34. The van der Waals surface area contributed by atoms with Crippen molar-refractivity contribution in [3.05, 3.63) is 69.8 Å². The molecule has 0 spiro atoms. The van der Waals surface area contributed by atoms with Crippen LogP contribution in [0.4, 0.5) is 0 Å². The highest BCUT2D eigenvalue weighted by Crippen LogP contribution is 2.49. The Morgan fingerprint density at radius 1 is 0.659 bits per heavy atom. The topological polar surface area (TPSA) is 43.5 Å². The van der Waals surface area contributed by atoms with Crippen molar-refractivity contribution in [2.75, 3.05) is 26.4 Å². The lowest BCUT2D eigenvalue weighted by atomic mass is 9.61. The van der Waals surface area contributed by atoms with Gasteiger partial charge in [0.15, 0.2) is 0 Å². The molecule has 4 unspecified atom stereocenters. The number of aryl methyl sites for hydroxylation is 4. The molecule has 0 amide bonds. The van der Waals surface area contributed by atoms with Crippen molar-refractivity contribution in [2.45, 2.75) is 92.3 Å². The standard InChI is InChI=1S/C37H48O4/c1-23-15-29(16-24(2)35(23)40-21-33-19-38-33)27-7-11-31(12-8-27)37(5,6)32-13-9-28(10-14-32)30-17-25(3)36(26(4)18-30)41-22-34-20-39-34/h7,9,15-18,31-34H,8,10-14,19-22H2,1-6H3. The highest BCUT2D eigenvalue weighted by atomic mass is 16.6. The molecule has 0 aromatic heterocycles. The molecule has 2 aromatic rings. The Morgan fingerprint density at radius 2 is 1.02 bits per heavy atom. The Bertz CT molecular complexity index is 1190. The van der Waals surface area contributed by atoms with Gasteiger partial charge in [-0.1, -0.05) is 26.0 Å². The van der Waals surface area contributed by atoms with Crippen LogP contribution in [-0.2, 0) is 9.47 Å². The summed E-state index contributed by atoms with van der Waals surface area (Å²) < 4.78 is 22.8. The number of rotatable bonds is 10. The predicted molar refractivity (Wildman–Crippen MR) is 167 cm³/mol. The average Bonchev–Trinajstić information content (AvgIpc) is 3.88. The van der Waals surface area contributed by atoms with Gasteiger partial charge >= 0.3 is 0 Å². The summed E-state index contributed by atoms with van der Waals surface area (Å²) in [5.41, 5.74) is 11.0. The molecule has 4 nitrogen and oxygen atoms in total. The van der Waals surface area contributed by atoms with Gasteiger partial charge in [-0.25, -0.2) is 0 Å². The van der Waals surface area contributed by atoms with E-state index < -0.39 is 0 Å². The largest absolute Gasteiger partial charge is 0.490 e. The minimum atomic E-state index is 0.286. The summed E-state index contributed by atoms with van der Waals surface area (Å²) in [4.78, 5) is 0. The van der Waals surface area contributed by atoms with Gasteiger partial charge in [0.25, 0.3) is 0 Å². The van der Waals surface area contributed by atoms with Crippen LogP contribution in [0.15, 0.2) is 36.4 Å². The van der Waals surface area contributed by atoms with E-state index in [-0.39, 0.29) is 12.2 Å². The van der Waals surface area contributed by atoms with Crippen LogP contribution in [0.5, 0.6) is 11.5 Å². The first kappa shape index (κ1) is 28.6. The molecular formula is C37H48O4. The Hall–Kier alpha value is -2.56. The van der Waals surface area contributed by atoms with E-state index in [0.29, 0.717) is 18.6 Å². The summed E-state index contributed by atoms with van der Waals surface area (Å²) in [6, 6.07) is 9.30. The maximum absolute atomic E-state index is 6.08. The van der Waals surface area contributed by atoms with Gasteiger partial charge in [0.2, 0.25) is 0 Å². The van der Waals surface area contributed by atoms with Crippen molar-refractivity contribution >= 4 is 11.1 Å². The van der Waals surface area contributed by atoms with Gasteiger partial charge in [0, 0.05) is 0 Å². The van der Waals surface area contributed by atoms with Crippen LogP contribution in [0.3, 0.4) is 0 Å². The number of epoxide rings is 2. The second-order valence-corrected chi connectivity index (χ2v) is 13.6. The highest BCUT2D eigenvalue weighted by Gasteiger charge is 2.38. The molecule has 0 bridgehead atoms. The highest BCUT2D eigenvalue weighted by molar-refractivity contribution is 5.70. The second kappa shape index (κ2) is 11.6. The van der Waals surface area contributed by atoms with Gasteiger partial charge in [-0.3, -0.25) is 0 Å². The smallest absolute Gasteiger partial charge is 0.125 e. The predicted octanol–water partition coefficient (Wildman–Crippen LogP) is 8.57. The van der Waals surface area contributed by atoms with Gasteiger partial charge in [-0.15, -0.1) is 0 Å². The van der Waals surface area contributed by atoms with Crippen molar-refractivity contribution < 1.29 is 18.9 Å². The van der Waals surface area contributed by atoms with Crippen LogP contribution >= 0.6 is 0 Å². The van der Waals surface area contributed by atoms with E-state index in [2.05, 4.69) is 78.0 Å². The molecule has 2 aromatic carbocycles. The van der Waals surface area contributed by atoms with Crippen LogP contribution in [0.25, 0.3) is 11.1 Å². The van der Waals surface area contributed by atoms with Gasteiger partial charge in [-0.05, 0) is 152 Å². The van der Waals surface area contributed by atoms with E-state index in [1.807, 2.05) is 0 Å². The SMILES string of the molecule is Cc1cc(C2=CCC(C(C)(C)C3CC=C(c4cc(C)c(OCC5CO5)c(C)c4)CC3)CC2)cc(C)c1OCC1CO1. The maximum atomic E-state index is 6.08. The molecule has 4 atom stereocenters. The molecule has 6 rings (SSSR count). The van der Waals surface area contributed by atoms with Gasteiger partial charge in [0.1, 0.15) is 36.9 Å². The number of hydrogen-bond donors (Lipinski definition) is 0. The van der Waals surface area contributed by atoms with Gasteiger partial charge < -0.3 is 18.9 Å². The average molecular weight is 557 g/mol. The molecule has 220 valence electrons. The van der Waals surface area contributed by atoms with Crippen LogP contribution in [0.1, 0.15) is 85.8 Å². The zero-order valence-corrected chi connectivity index (χ0v) is 26.0. The van der Waals surface area contributed by atoms with E-state index in [0.717, 1.165) is 49.4 Å². The van der Waals surface area contributed by atoms with Crippen molar-refractivity contribution in [1.29, 1.82) is 0 Å². The van der Waals surface area contributed by atoms with Crippen LogP contribution < -0.4 is 9.47 Å². The molecule has 2 fully saturated rings. The number of ether oxygens (including phenoxy) is 4. The Labute approximate surface area is 247 Å². The normalized spacial score (nSPS) is 25.8.